The molecule has 1 aromatic heterocycles. The van der Waals surface area contributed by atoms with E-state index in [9.17, 15) is 21.9 Å². The Bertz CT molecular complexity index is 886. The van der Waals surface area contributed by atoms with Gasteiger partial charge in [-0.2, -0.15) is 22.0 Å². The minimum absolute atomic E-state index is 0.0549. The quantitative estimate of drug-likeness (QED) is 0.605. The van der Waals surface area contributed by atoms with Crippen molar-refractivity contribution >= 4 is 37.6 Å². The third-order valence-corrected chi connectivity index (χ3v) is 10.3. The highest BCUT2D eigenvalue weighted by Gasteiger charge is 2.59. The predicted molar refractivity (Wildman–Crippen MR) is 92.1 cm³/mol. The second-order valence-electron chi connectivity index (χ2n) is 5.80. The standard InChI is InChI=1S/C13H20N3O6S3/c14-25(20,21)16(4-5-17)12(10-15-2-6-22-7-3-15)9-11-1-8-23-13(11)24(16,18)19/h1,8-9,17H,2-7,10H2,(H2,14,20,21)/q+1. The maximum atomic E-state index is 13.2. The number of morpholine rings is 1. The molecule has 0 amide bonds. The number of hydrogen-bond donors (Lipinski definition) is 2. The molecule has 0 bridgehead atoms. The number of ether oxygens (including phenoxy) is 1. The van der Waals surface area contributed by atoms with Crippen LogP contribution in [0.3, 0.4) is 0 Å². The Kier molecular flexibility index (Phi) is 5.07. The van der Waals surface area contributed by atoms with Crippen LogP contribution >= 0.6 is 11.3 Å². The van der Waals surface area contributed by atoms with Crippen LogP contribution in [0.1, 0.15) is 5.56 Å². The van der Waals surface area contributed by atoms with Crippen molar-refractivity contribution in [1.82, 2.24) is 4.90 Å². The van der Waals surface area contributed by atoms with Crippen LogP contribution in [0.25, 0.3) is 6.08 Å². The van der Waals surface area contributed by atoms with E-state index in [1.165, 1.54) is 0 Å². The molecule has 1 atom stereocenters. The van der Waals surface area contributed by atoms with Gasteiger partial charge in [0.1, 0.15) is 6.54 Å². The predicted octanol–water partition coefficient (Wildman–Crippen LogP) is -0.864. The molecule has 0 radical (unpaired) electrons. The van der Waals surface area contributed by atoms with Crippen molar-refractivity contribution in [3.63, 3.8) is 0 Å². The zero-order chi connectivity index (χ0) is 18.3. The number of nitrogens with zero attached hydrogens (tertiary/aromatic N) is 2. The lowest BCUT2D eigenvalue weighted by Crippen LogP contribution is -2.62. The first-order valence-corrected chi connectivity index (χ1v) is 11.4. The minimum Gasteiger partial charge on any atom is -0.390 e. The van der Waals surface area contributed by atoms with Gasteiger partial charge in [0, 0.05) is 24.7 Å². The lowest BCUT2D eigenvalue weighted by atomic mass is 10.2. The molecule has 1 fully saturated rings. The van der Waals surface area contributed by atoms with Gasteiger partial charge < -0.3 is 9.84 Å². The van der Waals surface area contributed by atoms with Gasteiger partial charge in [0.15, 0.2) is 9.91 Å². The van der Waals surface area contributed by atoms with Gasteiger partial charge >= 0.3 is 20.2 Å². The van der Waals surface area contributed by atoms with Gasteiger partial charge in [-0.1, -0.05) is 3.29 Å². The van der Waals surface area contributed by atoms with Crippen molar-refractivity contribution in [3.8, 4) is 0 Å². The van der Waals surface area contributed by atoms with Crippen molar-refractivity contribution in [2.24, 2.45) is 5.14 Å². The second-order valence-corrected chi connectivity index (χ2v) is 10.8. The summed E-state index contributed by atoms with van der Waals surface area (Å²) in [6.07, 6.45) is 1.56. The summed E-state index contributed by atoms with van der Waals surface area (Å²) in [5.74, 6) is 0. The molecule has 2 aliphatic heterocycles. The Balaban J connectivity index is 2.19. The van der Waals surface area contributed by atoms with Crippen LogP contribution in [0.2, 0.25) is 0 Å². The van der Waals surface area contributed by atoms with Crippen LogP contribution in [0.4, 0.5) is 0 Å². The zero-order valence-corrected chi connectivity index (χ0v) is 15.8. The summed E-state index contributed by atoms with van der Waals surface area (Å²) in [5.41, 5.74) is 0.563. The summed E-state index contributed by atoms with van der Waals surface area (Å²) in [7, 11) is -8.97. The van der Waals surface area contributed by atoms with Gasteiger partial charge in [0.2, 0.25) is 0 Å². The number of aliphatic hydroxyl groups is 1. The van der Waals surface area contributed by atoms with Crippen molar-refractivity contribution in [2.45, 2.75) is 4.21 Å². The molecule has 1 aromatic rings. The Morgan fingerprint density at radius 2 is 2.04 bits per heavy atom. The molecule has 3 heterocycles. The number of rotatable bonds is 5. The van der Waals surface area contributed by atoms with E-state index >= 15 is 0 Å². The molecule has 0 spiro atoms. The van der Waals surface area contributed by atoms with E-state index in [1.807, 2.05) is 4.90 Å². The van der Waals surface area contributed by atoms with Crippen molar-refractivity contribution in [2.75, 3.05) is 46.0 Å². The molecule has 1 saturated heterocycles. The molecule has 0 saturated carbocycles. The third kappa shape index (κ3) is 2.96. The van der Waals surface area contributed by atoms with Gasteiger partial charge in [-0.25, -0.2) is 0 Å². The van der Waals surface area contributed by atoms with E-state index in [0.29, 0.717) is 31.9 Å². The Morgan fingerprint density at radius 3 is 2.64 bits per heavy atom. The Hall–Kier alpha value is -0.860. The Morgan fingerprint density at radius 1 is 1.36 bits per heavy atom. The van der Waals surface area contributed by atoms with Gasteiger partial charge in [-0.3, -0.25) is 4.90 Å². The fraction of sp³-hybridized carbons (Fsp3) is 0.538. The molecule has 9 nitrogen and oxygen atoms in total. The fourth-order valence-electron chi connectivity index (χ4n) is 3.15. The molecule has 3 rings (SSSR count). The molecular weight excluding hydrogens is 390 g/mol. The molecule has 1 unspecified atom stereocenters. The summed E-state index contributed by atoms with van der Waals surface area (Å²) in [6.45, 7) is 0.979. The fourth-order valence-corrected chi connectivity index (χ4v) is 8.46. The summed E-state index contributed by atoms with van der Waals surface area (Å²) in [6, 6.07) is 1.63. The van der Waals surface area contributed by atoms with Crippen molar-refractivity contribution in [3.05, 3.63) is 22.7 Å². The maximum absolute atomic E-state index is 13.2. The third-order valence-electron chi connectivity index (χ3n) is 4.34. The first-order valence-electron chi connectivity index (χ1n) is 7.60. The number of sulfonamides is 1. The number of thiophene rings is 1. The minimum atomic E-state index is -4.61. The van der Waals surface area contributed by atoms with E-state index in [0.717, 1.165) is 11.3 Å². The van der Waals surface area contributed by atoms with Crippen LogP contribution < -0.4 is 5.14 Å². The SMILES string of the molecule is NS(=O)(=O)[N+]1(CCO)C(CN2CCOCC2)=Cc2ccsc2S1(=O)=O. The van der Waals surface area contributed by atoms with Gasteiger partial charge in [0.25, 0.3) is 0 Å². The summed E-state index contributed by atoms with van der Waals surface area (Å²) >= 11 is 0.941. The van der Waals surface area contributed by atoms with E-state index in [2.05, 4.69) is 0 Å². The van der Waals surface area contributed by atoms with E-state index < -0.39 is 36.7 Å². The highest BCUT2D eigenvalue weighted by Crippen LogP contribution is 2.42. The number of hydrogen-bond acceptors (Lipinski definition) is 8. The molecular formula is C13H20N3O6S3+. The number of nitrogens with two attached hydrogens (primary N) is 1. The normalized spacial score (nSPS) is 26.9. The monoisotopic (exact) mass is 410 g/mol. The molecule has 25 heavy (non-hydrogen) atoms. The van der Waals surface area contributed by atoms with Crippen LogP contribution in [0.15, 0.2) is 21.4 Å². The number of aliphatic hydroxyl groups excluding tert-OH is 1. The average Bonchev–Trinajstić information content (AvgIpc) is 3.00. The average molecular weight is 411 g/mol. The second kappa shape index (κ2) is 6.70. The van der Waals surface area contributed by atoms with E-state index in [4.69, 9.17) is 9.88 Å². The number of fused-ring (bicyclic) bond motifs is 1. The Labute approximate surface area is 150 Å². The van der Waals surface area contributed by atoms with Crippen LogP contribution in [0.5, 0.6) is 0 Å². The molecule has 3 N–H and O–H groups in total. The van der Waals surface area contributed by atoms with E-state index in [-0.39, 0.29) is 16.5 Å². The summed E-state index contributed by atoms with van der Waals surface area (Å²) in [4.78, 5) is 1.91. The number of quaternary nitrogens is 1. The maximum Gasteiger partial charge on any atom is 0.387 e. The van der Waals surface area contributed by atoms with Crippen LogP contribution in [-0.4, -0.2) is 76.1 Å². The molecule has 0 aromatic carbocycles. The summed E-state index contributed by atoms with van der Waals surface area (Å²) in [5, 5.41) is 16.4. The summed E-state index contributed by atoms with van der Waals surface area (Å²) < 4.78 is 55.1. The van der Waals surface area contributed by atoms with Gasteiger partial charge in [0.05, 0.1) is 26.4 Å². The lowest BCUT2D eigenvalue weighted by molar-refractivity contribution is -0.631. The lowest BCUT2D eigenvalue weighted by Gasteiger charge is -2.38. The van der Waals surface area contributed by atoms with Crippen molar-refractivity contribution in [1.29, 1.82) is 0 Å². The van der Waals surface area contributed by atoms with Gasteiger partial charge in [-0.05, 0) is 11.4 Å². The largest absolute Gasteiger partial charge is 0.390 e. The van der Waals surface area contributed by atoms with Gasteiger partial charge in [-0.15, -0.1) is 11.3 Å². The first-order chi connectivity index (χ1) is 11.7. The van der Waals surface area contributed by atoms with Crippen molar-refractivity contribution < 1.29 is 30.0 Å². The molecule has 12 heteroatoms. The highest BCUT2D eigenvalue weighted by molar-refractivity contribution is 7.98. The molecule has 140 valence electrons. The topological polar surface area (TPSA) is 127 Å². The van der Waals surface area contributed by atoms with E-state index in [1.54, 1.807) is 17.5 Å². The molecule has 0 aliphatic carbocycles. The zero-order valence-electron chi connectivity index (χ0n) is 13.4. The van der Waals surface area contributed by atoms with Crippen LogP contribution in [0, 0.1) is 0 Å². The first kappa shape index (κ1) is 18.9. The smallest absolute Gasteiger partial charge is 0.387 e. The van der Waals surface area contributed by atoms with Crippen LogP contribution in [-0.2, 0) is 25.0 Å². The molecule has 2 aliphatic rings. The highest BCUT2D eigenvalue weighted by atomic mass is 32.3.